The smallest absolute Gasteiger partial charge is 0.186 e. The quantitative estimate of drug-likeness (QED) is 0.487. The van der Waals surface area contributed by atoms with E-state index in [1.165, 1.54) is 4.90 Å². The number of benzene rings is 1. The van der Waals surface area contributed by atoms with E-state index in [0.717, 1.165) is 6.42 Å². The Labute approximate surface area is 114 Å². The highest BCUT2D eigenvalue weighted by atomic mass is 19.2. The van der Waals surface area contributed by atoms with E-state index in [9.17, 15) is 17.6 Å². The van der Waals surface area contributed by atoms with Crippen LogP contribution in [0, 0.1) is 35.1 Å². The Morgan fingerprint density at radius 1 is 0.900 bits per heavy atom. The van der Waals surface area contributed by atoms with Gasteiger partial charge in [0.25, 0.3) is 0 Å². The fraction of sp³-hybridized carbons (Fsp3) is 0.429. The van der Waals surface area contributed by atoms with E-state index in [4.69, 9.17) is 5.11 Å². The molecule has 0 aliphatic carbocycles. The van der Waals surface area contributed by atoms with Crippen LogP contribution in [0.15, 0.2) is 0 Å². The van der Waals surface area contributed by atoms with Crippen LogP contribution in [0.2, 0.25) is 0 Å². The summed E-state index contributed by atoms with van der Waals surface area (Å²) in [5.74, 6) is -2.05. The van der Waals surface area contributed by atoms with Gasteiger partial charge in [-0.2, -0.15) is 0 Å². The molecule has 1 heterocycles. The van der Waals surface area contributed by atoms with Gasteiger partial charge in [-0.1, -0.05) is 11.8 Å². The van der Waals surface area contributed by atoms with Gasteiger partial charge in [0.1, 0.15) is 17.9 Å². The van der Waals surface area contributed by atoms with Crippen LogP contribution in [0.3, 0.4) is 0 Å². The van der Waals surface area contributed by atoms with Gasteiger partial charge < -0.3 is 10.0 Å². The molecule has 2 nitrogen and oxygen atoms in total. The summed E-state index contributed by atoms with van der Waals surface area (Å²) >= 11 is 0. The van der Waals surface area contributed by atoms with E-state index in [1.807, 2.05) is 11.8 Å². The molecule has 0 spiro atoms. The first kappa shape index (κ1) is 14.7. The van der Waals surface area contributed by atoms with Crippen LogP contribution in [0.1, 0.15) is 24.8 Å². The van der Waals surface area contributed by atoms with Crippen molar-refractivity contribution in [3.8, 4) is 11.8 Å². The van der Waals surface area contributed by atoms with Crippen molar-refractivity contribution in [2.75, 3.05) is 24.6 Å². The van der Waals surface area contributed by atoms with Crippen molar-refractivity contribution in [3.63, 3.8) is 0 Å². The zero-order valence-corrected chi connectivity index (χ0v) is 10.6. The lowest BCUT2D eigenvalue weighted by Crippen LogP contribution is -2.31. The Morgan fingerprint density at radius 2 is 1.45 bits per heavy atom. The SMILES string of the molecule is OCC#Cc1c(F)c(F)c(N2CCCCC2)c(F)c1F. The lowest BCUT2D eigenvalue weighted by Gasteiger charge is -2.29. The summed E-state index contributed by atoms with van der Waals surface area (Å²) in [6.45, 7) is 0.0543. The van der Waals surface area contributed by atoms with Crippen LogP contribution >= 0.6 is 0 Å². The Bertz CT molecular complexity index is 542. The topological polar surface area (TPSA) is 23.5 Å². The van der Waals surface area contributed by atoms with Gasteiger partial charge in [0.2, 0.25) is 0 Å². The van der Waals surface area contributed by atoms with Crippen LogP contribution in [0.25, 0.3) is 0 Å². The highest BCUT2D eigenvalue weighted by Crippen LogP contribution is 2.32. The maximum Gasteiger partial charge on any atom is 0.186 e. The van der Waals surface area contributed by atoms with E-state index in [1.54, 1.807) is 0 Å². The van der Waals surface area contributed by atoms with Crippen molar-refractivity contribution in [2.24, 2.45) is 0 Å². The maximum absolute atomic E-state index is 14.0. The Balaban J connectivity index is 2.54. The molecule has 0 amide bonds. The summed E-state index contributed by atoms with van der Waals surface area (Å²) in [5, 5.41) is 8.49. The van der Waals surface area contributed by atoms with Crippen molar-refractivity contribution in [2.45, 2.75) is 19.3 Å². The van der Waals surface area contributed by atoms with Crippen LogP contribution in [0.4, 0.5) is 23.2 Å². The van der Waals surface area contributed by atoms with Crippen LogP contribution in [-0.4, -0.2) is 24.8 Å². The average molecular weight is 287 g/mol. The minimum atomic E-state index is -1.52. The monoisotopic (exact) mass is 287 g/mol. The lowest BCUT2D eigenvalue weighted by molar-refractivity contribution is 0.350. The molecule has 0 atom stereocenters. The number of halogens is 4. The third-order valence-electron chi connectivity index (χ3n) is 3.20. The molecule has 108 valence electrons. The largest absolute Gasteiger partial charge is 0.384 e. The number of rotatable bonds is 1. The van der Waals surface area contributed by atoms with Gasteiger partial charge >= 0.3 is 0 Å². The molecular weight excluding hydrogens is 274 g/mol. The molecule has 0 bridgehead atoms. The van der Waals surface area contributed by atoms with Crippen LogP contribution in [-0.2, 0) is 0 Å². The fourth-order valence-corrected chi connectivity index (χ4v) is 2.25. The predicted octanol–water partition coefficient (Wildman–Crippen LogP) is 2.58. The molecule has 0 unspecified atom stereocenters. The maximum atomic E-state index is 14.0. The standard InChI is InChI=1S/C14H13F4NO/c15-10-9(5-4-8-20)11(16)13(18)14(12(10)17)19-6-2-1-3-7-19/h20H,1-3,6-8H2. The predicted molar refractivity (Wildman–Crippen MR) is 66.3 cm³/mol. The summed E-state index contributed by atoms with van der Waals surface area (Å²) in [7, 11) is 0. The summed E-state index contributed by atoms with van der Waals surface area (Å²) in [6, 6.07) is 0. The number of aliphatic hydroxyl groups is 1. The third kappa shape index (κ3) is 2.59. The van der Waals surface area contributed by atoms with Gasteiger partial charge in [-0.3, -0.25) is 0 Å². The molecule has 0 radical (unpaired) electrons. The molecule has 1 saturated heterocycles. The summed E-state index contributed by atoms with van der Waals surface area (Å²) in [6.07, 6.45) is 2.35. The molecular formula is C14H13F4NO. The zero-order chi connectivity index (χ0) is 14.7. The Kier molecular flexibility index (Phi) is 4.50. The Morgan fingerprint density at radius 3 is 1.95 bits per heavy atom. The Hall–Kier alpha value is -1.74. The average Bonchev–Trinajstić information content (AvgIpc) is 2.47. The highest BCUT2D eigenvalue weighted by molar-refractivity contribution is 5.55. The number of piperidine rings is 1. The fourth-order valence-electron chi connectivity index (χ4n) is 2.25. The van der Waals surface area contributed by atoms with E-state index in [-0.39, 0.29) is 0 Å². The molecule has 1 aliphatic heterocycles. The summed E-state index contributed by atoms with van der Waals surface area (Å²) in [5.41, 5.74) is -1.66. The van der Waals surface area contributed by atoms with Crippen molar-refractivity contribution in [1.29, 1.82) is 0 Å². The third-order valence-corrected chi connectivity index (χ3v) is 3.20. The first-order chi connectivity index (χ1) is 9.57. The number of anilines is 1. The molecule has 1 fully saturated rings. The zero-order valence-electron chi connectivity index (χ0n) is 10.6. The lowest BCUT2D eigenvalue weighted by atomic mass is 10.1. The number of nitrogens with zero attached hydrogens (tertiary/aromatic N) is 1. The first-order valence-electron chi connectivity index (χ1n) is 6.28. The van der Waals surface area contributed by atoms with Crippen molar-refractivity contribution in [1.82, 2.24) is 0 Å². The second-order valence-electron chi connectivity index (χ2n) is 4.49. The van der Waals surface area contributed by atoms with Gasteiger partial charge in [0, 0.05) is 13.1 Å². The summed E-state index contributed by atoms with van der Waals surface area (Å²) in [4.78, 5) is 1.31. The number of hydrogen-bond acceptors (Lipinski definition) is 2. The molecule has 1 aliphatic rings. The second kappa shape index (κ2) is 6.14. The number of hydrogen-bond donors (Lipinski definition) is 1. The minimum absolute atomic E-state index is 0.356. The molecule has 1 aromatic carbocycles. The number of aliphatic hydroxyl groups excluding tert-OH is 1. The second-order valence-corrected chi connectivity index (χ2v) is 4.49. The molecule has 20 heavy (non-hydrogen) atoms. The van der Waals surface area contributed by atoms with Crippen molar-refractivity contribution < 1.29 is 22.7 Å². The van der Waals surface area contributed by atoms with E-state index in [0.29, 0.717) is 25.9 Å². The first-order valence-corrected chi connectivity index (χ1v) is 6.28. The molecule has 1 N–H and O–H groups in total. The normalized spacial score (nSPS) is 14.9. The van der Waals surface area contributed by atoms with Gasteiger partial charge in [-0.15, -0.1) is 0 Å². The molecule has 0 saturated carbocycles. The molecule has 6 heteroatoms. The van der Waals surface area contributed by atoms with Crippen LogP contribution in [0.5, 0.6) is 0 Å². The van der Waals surface area contributed by atoms with Gasteiger partial charge in [-0.05, 0) is 19.3 Å². The minimum Gasteiger partial charge on any atom is -0.384 e. The van der Waals surface area contributed by atoms with Gasteiger partial charge in [0.15, 0.2) is 23.3 Å². The van der Waals surface area contributed by atoms with E-state index >= 15 is 0 Å². The molecule has 1 aromatic rings. The van der Waals surface area contributed by atoms with Crippen molar-refractivity contribution >= 4 is 5.69 Å². The van der Waals surface area contributed by atoms with E-state index < -0.39 is 41.1 Å². The molecule has 2 rings (SSSR count). The van der Waals surface area contributed by atoms with Crippen molar-refractivity contribution in [3.05, 3.63) is 28.8 Å². The summed E-state index contributed by atoms with van der Waals surface area (Å²) < 4.78 is 55.5. The molecule has 0 aromatic heterocycles. The van der Waals surface area contributed by atoms with Gasteiger partial charge in [0.05, 0.1) is 0 Å². The van der Waals surface area contributed by atoms with E-state index in [2.05, 4.69) is 0 Å². The highest BCUT2D eigenvalue weighted by Gasteiger charge is 2.28. The van der Waals surface area contributed by atoms with Gasteiger partial charge in [-0.25, -0.2) is 17.6 Å². The van der Waals surface area contributed by atoms with Crippen LogP contribution < -0.4 is 4.90 Å².